The van der Waals surface area contributed by atoms with Crippen molar-refractivity contribution in [2.75, 3.05) is 33.4 Å². The molecule has 3 rings (SSSR count). The minimum Gasteiger partial charge on any atom is -0.497 e. The molecule has 5 nitrogen and oxygen atoms in total. The predicted octanol–water partition coefficient (Wildman–Crippen LogP) is 2.66. The van der Waals surface area contributed by atoms with Crippen molar-refractivity contribution < 1.29 is 9.47 Å². The summed E-state index contributed by atoms with van der Waals surface area (Å²) in [6.07, 6.45) is 2.62. The van der Waals surface area contributed by atoms with E-state index in [1.165, 1.54) is 25.9 Å². The van der Waals surface area contributed by atoms with Crippen LogP contribution in [0.3, 0.4) is 0 Å². The maximum absolute atomic E-state index is 5.80. The van der Waals surface area contributed by atoms with Crippen LogP contribution in [0.5, 0.6) is 11.6 Å². The van der Waals surface area contributed by atoms with E-state index in [1.807, 2.05) is 41.9 Å². The van der Waals surface area contributed by atoms with E-state index in [0.29, 0.717) is 12.5 Å². The quantitative estimate of drug-likeness (QED) is 0.822. The fourth-order valence-corrected chi connectivity index (χ4v) is 2.79. The standard InChI is InChI=1S/C17H23N3O2/c1-14-13-17(22-12-11-19-9-3-4-10-19)18-20(14)15-5-7-16(21-2)8-6-15/h5-8,13H,3-4,9-12H2,1-2H3. The molecule has 1 aromatic heterocycles. The van der Waals surface area contributed by atoms with E-state index in [9.17, 15) is 0 Å². The predicted molar refractivity (Wildman–Crippen MR) is 86.0 cm³/mol. The van der Waals surface area contributed by atoms with E-state index < -0.39 is 0 Å². The monoisotopic (exact) mass is 301 g/mol. The van der Waals surface area contributed by atoms with Gasteiger partial charge in [-0.3, -0.25) is 4.90 Å². The fraction of sp³-hybridized carbons (Fsp3) is 0.471. The second kappa shape index (κ2) is 6.83. The van der Waals surface area contributed by atoms with Gasteiger partial charge in [0.1, 0.15) is 12.4 Å². The van der Waals surface area contributed by atoms with Crippen LogP contribution in [0.2, 0.25) is 0 Å². The lowest BCUT2D eigenvalue weighted by Crippen LogP contribution is -2.25. The average molecular weight is 301 g/mol. The van der Waals surface area contributed by atoms with Crippen LogP contribution in [-0.2, 0) is 0 Å². The maximum atomic E-state index is 5.80. The first-order valence-electron chi connectivity index (χ1n) is 7.82. The number of hydrogen-bond acceptors (Lipinski definition) is 4. The normalized spacial score (nSPS) is 15.2. The van der Waals surface area contributed by atoms with Gasteiger partial charge < -0.3 is 9.47 Å². The minimum atomic E-state index is 0.688. The summed E-state index contributed by atoms with van der Waals surface area (Å²) in [5.74, 6) is 1.53. The summed E-state index contributed by atoms with van der Waals surface area (Å²) in [5.41, 5.74) is 2.06. The Labute approximate surface area is 131 Å². The Morgan fingerprint density at radius 2 is 1.86 bits per heavy atom. The Kier molecular flexibility index (Phi) is 4.63. The molecule has 1 fully saturated rings. The highest BCUT2D eigenvalue weighted by Gasteiger charge is 2.12. The zero-order valence-electron chi connectivity index (χ0n) is 13.3. The van der Waals surface area contributed by atoms with Crippen molar-refractivity contribution in [1.82, 2.24) is 14.7 Å². The zero-order chi connectivity index (χ0) is 15.4. The van der Waals surface area contributed by atoms with Gasteiger partial charge >= 0.3 is 0 Å². The number of benzene rings is 1. The minimum absolute atomic E-state index is 0.688. The third kappa shape index (κ3) is 3.42. The molecule has 22 heavy (non-hydrogen) atoms. The van der Waals surface area contributed by atoms with Crippen molar-refractivity contribution in [3.05, 3.63) is 36.0 Å². The molecule has 118 valence electrons. The Morgan fingerprint density at radius 1 is 1.14 bits per heavy atom. The molecule has 1 aliphatic rings. The number of ether oxygens (including phenoxy) is 2. The van der Waals surface area contributed by atoms with Gasteiger partial charge in [0.2, 0.25) is 5.88 Å². The van der Waals surface area contributed by atoms with Crippen LogP contribution in [-0.4, -0.2) is 48.0 Å². The fourth-order valence-electron chi connectivity index (χ4n) is 2.79. The summed E-state index contributed by atoms with van der Waals surface area (Å²) in [6, 6.07) is 9.84. The molecular weight excluding hydrogens is 278 g/mol. The molecule has 0 spiro atoms. The molecule has 2 heterocycles. The summed E-state index contributed by atoms with van der Waals surface area (Å²) in [6.45, 7) is 6.10. The Morgan fingerprint density at radius 3 is 2.55 bits per heavy atom. The van der Waals surface area contributed by atoms with Crippen LogP contribution < -0.4 is 9.47 Å². The van der Waals surface area contributed by atoms with Crippen LogP contribution in [0.1, 0.15) is 18.5 Å². The topological polar surface area (TPSA) is 39.5 Å². The van der Waals surface area contributed by atoms with Gasteiger partial charge in [0, 0.05) is 18.3 Å². The molecular formula is C17H23N3O2. The zero-order valence-corrected chi connectivity index (χ0v) is 13.3. The van der Waals surface area contributed by atoms with E-state index in [1.54, 1.807) is 7.11 Å². The van der Waals surface area contributed by atoms with Crippen LogP contribution in [0, 0.1) is 6.92 Å². The molecule has 1 aliphatic heterocycles. The first kappa shape index (κ1) is 14.9. The Balaban J connectivity index is 1.62. The van der Waals surface area contributed by atoms with Gasteiger partial charge in [0.05, 0.1) is 12.8 Å². The summed E-state index contributed by atoms with van der Waals surface area (Å²) in [5, 5.41) is 4.53. The molecule has 1 aromatic carbocycles. The van der Waals surface area contributed by atoms with E-state index >= 15 is 0 Å². The molecule has 0 bridgehead atoms. The van der Waals surface area contributed by atoms with Gasteiger partial charge in [-0.25, -0.2) is 4.68 Å². The number of nitrogens with zero attached hydrogens (tertiary/aromatic N) is 3. The maximum Gasteiger partial charge on any atom is 0.233 e. The van der Waals surface area contributed by atoms with Crippen LogP contribution in [0.4, 0.5) is 0 Å². The van der Waals surface area contributed by atoms with E-state index in [0.717, 1.165) is 23.7 Å². The Bertz CT molecular complexity index is 601. The van der Waals surface area contributed by atoms with Crippen molar-refractivity contribution in [2.45, 2.75) is 19.8 Å². The number of likely N-dealkylation sites (tertiary alicyclic amines) is 1. The third-order valence-electron chi connectivity index (χ3n) is 4.04. The molecule has 1 saturated heterocycles. The van der Waals surface area contributed by atoms with Gasteiger partial charge in [0.15, 0.2) is 0 Å². The lowest BCUT2D eigenvalue weighted by atomic mass is 10.3. The summed E-state index contributed by atoms with van der Waals surface area (Å²) in [7, 11) is 1.67. The van der Waals surface area contributed by atoms with Gasteiger partial charge in [-0.2, -0.15) is 0 Å². The smallest absolute Gasteiger partial charge is 0.233 e. The van der Waals surface area contributed by atoms with Gasteiger partial charge in [-0.1, -0.05) is 0 Å². The molecule has 2 aromatic rings. The lowest BCUT2D eigenvalue weighted by Gasteiger charge is -2.13. The second-order valence-electron chi connectivity index (χ2n) is 5.63. The van der Waals surface area contributed by atoms with Crippen LogP contribution >= 0.6 is 0 Å². The van der Waals surface area contributed by atoms with Gasteiger partial charge in [0.25, 0.3) is 0 Å². The highest BCUT2D eigenvalue weighted by atomic mass is 16.5. The molecule has 0 unspecified atom stereocenters. The molecule has 5 heteroatoms. The number of hydrogen-bond donors (Lipinski definition) is 0. The van der Waals surface area contributed by atoms with E-state index in [2.05, 4.69) is 10.00 Å². The molecule has 0 radical (unpaired) electrons. The number of rotatable bonds is 6. The van der Waals surface area contributed by atoms with Gasteiger partial charge in [-0.15, -0.1) is 5.10 Å². The van der Waals surface area contributed by atoms with Crippen molar-refractivity contribution in [1.29, 1.82) is 0 Å². The Hall–Kier alpha value is -2.01. The SMILES string of the molecule is COc1ccc(-n2nc(OCCN3CCCC3)cc2C)cc1. The highest BCUT2D eigenvalue weighted by Crippen LogP contribution is 2.19. The number of methoxy groups -OCH3 is 1. The van der Waals surface area contributed by atoms with Crippen LogP contribution in [0.15, 0.2) is 30.3 Å². The molecule has 0 N–H and O–H groups in total. The molecule has 0 aliphatic carbocycles. The largest absolute Gasteiger partial charge is 0.497 e. The highest BCUT2D eigenvalue weighted by molar-refractivity contribution is 5.38. The van der Waals surface area contributed by atoms with Crippen molar-refractivity contribution >= 4 is 0 Å². The van der Waals surface area contributed by atoms with E-state index in [4.69, 9.17) is 9.47 Å². The molecule has 0 atom stereocenters. The average Bonchev–Trinajstić information content (AvgIpc) is 3.17. The van der Waals surface area contributed by atoms with Crippen molar-refractivity contribution in [2.24, 2.45) is 0 Å². The van der Waals surface area contributed by atoms with Crippen LogP contribution in [0.25, 0.3) is 5.69 Å². The van der Waals surface area contributed by atoms with Crippen molar-refractivity contribution in [3.63, 3.8) is 0 Å². The van der Waals surface area contributed by atoms with Gasteiger partial charge in [-0.05, 0) is 57.1 Å². The molecule has 0 amide bonds. The number of aromatic nitrogens is 2. The molecule has 0 saturated carbocycles. The van der Waals surface area contributed by atoms with Crippen molar-refractivity contribution in [3.8, 4) is 17.3 Å². The summed E-state index contributed by atoms with van der Waals surface area (Å²) >= 11 is 0. The lowest BCUT2D eigenvalue weighted by molar-refractivity contribution is 0.231. The number of aryl methyl sites for hydroxylation is 1. The first-order chi connectivity index (χ1) is 10.8. The first-order valence-corrected chi connectivity index (χ1v) is 7.82. The summed E-state index contributed by atoms with van der Waals surface area (Å²) in [4.78, 5) is 2.44. The third-order valence-corrected chi connectivity index (χ3v) is 4.04. The van der Waals surface area contributed by atoms with E-state index in [-0.39, 0.29) is 0 Å². The second-order valence-corrected chi connectivity index (χ2v) is 5.63. The summed E-state index contributed by atoms with van der Waals surface area (Å²) < 4.78 is 12.9.